The number of rotatable bonds is 2. The van der Waals surface area contributed by atoms with Gasteiger partial charge in [-0.1, -0.05) is 5.21 Å². The van der Waals surface area contributed by atoms with Gasteiger partial charge in [-0.2, -0.15) is 0 Å². The average molecular weight is 218 g/mol. The van der Waals surface area contributed by atoms with Crippen molar-refractivity contribution in [2.75, 3.05) is 0 Å². The van der Waals surface area contributed by atoms with Crippen LogP contribution in [0.1, 0.15) is 17.8 Å². The standard InChI is InChI=1S/C5H6ClF2N3.ClH/c1-11-4(5(7)8)3(2-6)9-10-11;/h5H,2H2,1H3;1H. The molecule has 70 valence electrons. The van der Waals surface area contributed by atoms with Gasteiger partial charge in [0.25, 0.3) is 6.43 Å². The predicted octanol–water partition coefficient (Wildman–Crippen LogP) is 1.91. The zero-order valence-corrected chi connectivity index (χ0v) is 7.74. The molecule has 0 saturated heterocycles. The summed E-state index contributed by atoms with van der Waals surface area (Å²) in [5, 5.41) is 6.87. The molecule has 0 fully saturated rings. The van der Waals surface area contributed by atoms with Gasteiger partial charge >= 0.3 is 0 Å². The van der Waals surface area contributed by atoms with Crippen molar-refractivity contribution in [2.45, 2.75) is 12.3 Å². The van der Waals surface area contributed by atoms with Crippen LogP contribution in [0.15, 0.2) is 0 Å². The molecule has 0 amide bonds. The molecule has 0 aromatic carbocycles. The molecule has 0 saturated carbocycles. The van der Waals surface area contributed by atoms with E-state index in [2.05, 4.69) is 10.3 Å². The zero-order chi connectivity index (χ0) is 8.43. The Morgan fingerprint density at radius 1 is 1.58 bits per heavy atom. The van der Waals surface area contributed by atoms with Gasteiger partial charge in [0, 0.05) is 7.05 Å². The van der Waals surface area contributed by atoms with Gasteiger partial charge in [-0.05, 0) is 0 Å². The Labute approximate surface area is 79.1 Å². The molecule has 0 unspecified atom stereocenters. The van der Waals surface area contributed by atoms with E-state index in [1.165, 1.54) is 7.05 Å². The van der Waals surface area contributed by atoms with Crippen molar-refractivity contribution in [1.29, 1.82) is 0 Å². The Kier molecular flexibility index (Phi) is 4.41. The quantitative estimate of drug-likeness (QED) is 0.710. The van der Waals surface area contributed by atoms with Crippen LogP contribution in [0, 0.1) is 0 Å². The summed E-state index contributed by atoms with van der Waals surface area (Å²) in [6.45, 7) is 0. The molecular weight excluding hydrogens is 211 g/mol. The van der Waals surface area contributed by atoms with E-state index in [4.69, 9.17) is 11.6 Å². The van der Waals surface area contributed by atoms with Gasteiger partial charge in [-0.15, -0.1) is 29.1 Å². The minimum atomic E-state index is -2.57. The maximum absolute atomic E-state index is 12.1. The number of aromatic nitrogens is 3. The summed E-state index contributed by atoms with van der Waals surface area (Å²) >= 11 is 5.34. The first kappa shape index (κ1) is 11.6. The summed E-state index contributed by atoms with van der Waals surface area (Å²) in [6.07, 6.45) is -2.57. The topological polar surface area (TPSA) is 30.7 Å². The summed E-state index contributed by atoms with van der Waals surface area (Å²) in [5.41, 5.74) is -0.0656. The lowest BCUT2D eigenvalue weighted by molar-refractivity contribution is 0.140. The van der Waals surface area contributed by atoms with Crippen LogP contribution in [-0.4, -0.2) is 15.0 Å². The Hall–Kier alpha value is -0.420. The summed E-state index contributed by atoms with van der Waals surface area (Å²) in [4.78, 5) is 0. The fraction of sp³-hybridized carbons (Fsp3) is 0.600. The van der Waals surface area contributed by atoms with Gasteiger partial charge in [0.05, 0.1) is 5.88 Å². The first-order valence-electron chi connectivity index (χ1n) is 2.89. The van der Waals surface area contributed by atoms with Crippen LogP contribution in [0.5, 0.6) is 0 Å². The minimum Gasteiger partial charge on any atom is -0.246 e. The Morgan fingerprint density at radius 2 is 2.17 bits per heavy atom. The smallest absolute Gasteiger partial charge is 0.246 e. The molecule has 12 heavy (non-hydrogen) atoms. The van der Waals surface area contributed by atoms with E-state index in [9.17, 15) is 8.78 Å². The fourth-order valence-corrected chi connectivity index (χ4v) is 0.960. The molecule has 0 aliphatic rings. The van der Waals surface area contributed by atoms with E-state index < -0.39 is 6.43 Å². The molecule has 3 nitrogen and oxygen atoms in total. The van der Waals surface area contributed by atoms with Crippen LogP contribution in [0.2, 0.25) is 0 Å². The zero-order valence-electron chi connectivity index (χ0n) is 6.17. The second kappa shape index (κ2) is 4.57. The van der Waals surface area contributed by atoms with Crippen LogP contribution in [0.25, 0.3) is 0 Å². The van der Waals surface area contributed by atoms with E-state index in [1.54, 1.807) is 0 Å². The molecule has 0 aliphatic carbocycles. The summed E-state index contributed by atoms with van der Waals surface area (Å²) in [5.74, 6) is -0.0342. The molecule has 1 rings (SSSR count). The van der Waals surface area contributed by atoms with Gasteiger partial charge < -0.3 is 0 Å². The van der Waals surface area contributed by atoms with Gasteiger partial charge in [-0.3, -0.25) is 0 Å². The Balaban J connectivity index is 0.00000121. The first-order valence-corrected chi connectivity index (χ1v) is 3.42. The summed E-state index contributed by atoms with van der Waals surface area (Å²) in [6, 6.07) is 0. The molecule has 1 aromatic rings. The van der Waals surface area contributed by atoms with Crippen LogP contribution < -0.4 is 0 Å². The highest BCUT2D eigenvalue weighted by Crippen LogP contribution is 2.21. The molecule has 7 heteroatoms. The highest BCUT2D eigenvalue weighted by molar-refractivity contribution is 6.16. The second-order valence-electron chi connectivity index (χ2n) is 1.98. The number of hydrogen-bond donors (Lipinski definition) is 0. The predicted molar refractivity (Wildman–Crippen MR) is 42.8 cm³/mol. The van der Waals surface area contributed by atoms with Gasteiger partial charge in [-0.25, -0.2) is 13.5 Å². The van der Waals surface area contributed by atoms with Gasteiger partial charge in [0.2, 0.25) is 0 Å². The molecule has 0 aliphatic heterocycles. The Morgan fingerprint density at radius 3 is 2.50 bits per heavy atom. The third kappa shape index (κ3) is 2.04. The number of hydrogen-bond acceptors (Lipinski definition) is 2. The number of nitrogens with zero attached hydrogens (tertiary/aromatic N) is 3. The third-order valence-electron chi connectivity index (χ3n) is 1.28. The number of halogens is 4. The molecule has 0 N–H and O–H groups in total. The van der Waals surface area contributed by atoms with Crippen molar-refractivity contribution in [2.24, 2.45) is 7.05 Å². The monoisotopic (exact) mass is 217 g/mol. The van der Waals surface area contributed by atoms with E-state index in [-0.39, 0.29) is 29.7 Å². The maximum atomic E-state index is 12.1. The van der Waals surface area contributed by atoms with Gasteiger partial charge in [0.1, 0.15) is 11.4 Å². The van der Waals surface area contributed by atoms with Crippen LogP contribution in [0.3, 0.4) is 0 Å². The SMILES string of the molecule is Cl.Cn1nnc(CCl)c1C(F)F. The molecular formula is C5H7Cl2F2N3. The Bertz CT molecular complexity index is 251. The highest BCUT2D eigenvalue weighted by Gasteiger charge is 2.18. The lowest BCUT2D eigenvalue weighted by atomic mass is 10.3. The summed E-state index contributed by atoms with van der Waals surface area (Å²) < 4.78 is 25.3. The van der Waals surface area contributed by atoms with Gasteiger partial charge in [0.15, 0.2) is 0 Å². The van der Waals surface area contributed by atoms with Crippen molar-refractivity contribution in [3.05, 3.63) is 11.4 Å². The van der Waals surface area contributed by atoms with Crippen LogP contribution in [-0.2, 0) is 12.9 Å². The van der Waals surface area contributed by atoms with E-state index in [0.717, 1.165) is 4.68 Å². The van der Waals surface area contributed by atoms with E-state index in [0.29, 0.717) is 0 Å². The lowest BCUT2D eigenvalue weighted by Gasteiger charge is -1.98. The fourth-order valence-electron chi connectivity index (χ4n) is 0.770. The van der Waals surface area contributed by atoms with Crippen molar-refractivity contribution in [3.63, 3.8) is 0 Å². The molecule has 0 spiro atoms. The summed E-state index contributed by atoms with van der Waals surface area (Å²) in [7, 11) is 1.41. The molecule has 0 bridgehead atoms. The average Bonchev–Trinajstić information content (AvgIpc) is 2.30. The minimum absolute atomic E-state index is 0. The molecule has 1 heterocycles. The van der Waals surface area contributed by atoms with Crippen molar-refractivity contribution >= 4 is 24.0 Å². The van der Waals surface area contributed by atoms with Crippen molar-refractivity contribution < 1.29 is 8.78 Å². The van der Waals surface area contributed by atoms with Crippen LogP contribution in [0.4, 0.5) is 8.78 Å². The highest BCUT2D eigenvalue weighted by atomic mass is 35.5. The first-order chi connectivity index (χ1) is 5.16. The molecule has 0 atom stereocenters. The second-order valence-corrected chi connectivity index (χ2v) is 2.25. The molecule has 0 radical (unpaired) electrons. The number of aryl methyl sites for hydroxylation is 1. The third-order valence-corrected chi connectivity index (χ3v) is 1.53. The maximum Gasteiger partial charge on any atom is 0.281 e. The normalized spacial score (nSPS) is 10.1. The number of alkyl halides is 3. The lowest BCUT2D eigenvalue weighted by Crippen LogP contribution is -1.99. The van der Waals surface area contributed by atoms with E-state index >= 15 is 0 Å². The van der Waals surface area contributed by atoms with Crippen LogP contribution >= 0.6 is 24.0 Å². The molecule has 1 aromatic heterocycles. The van der Waals surface area contributed by atoms with E-state index in [1.807, 2.05) is 0 Å². The van der Waals surface area contributed by atoms with Crippen molar-refractivity contribution in [1.82, 2.24) is 15.0 Å². The van der Waals surface area contributed by atoms with Crippen molar-refractivity contribution in [3.8, 4) is 0 Å². The largest absolute Gasteiger partial charge is 0.281 e.